The van der Waals surface area contributed by atoms with Gasteiger partial charge in [0.15, 0.2) is 0 Å². The number of carbonyl (C=O) groups excluding carboxylic acids is 1. The summed E-state index contributed by atoms with van der Waals surface area (Å²) in [6.07, 6.45) is 1.74. The highest BCUT2D eigenvalue weighted by Gasteiger charge is 2.22. The Morgan fingerprint density at radius 2 is 1.95 bits per heavy atom. The molecule has 0 aromatic carbocycles. The van der Waals surface area contributed by atoms with Crippen LogP contribution in [0.4, 0.5) is 4.79 Å². The quantitative estimate of drug-likeness (QED) is 0.754. The Morgan fingerprint density at radius 3 is 2.48 bits per heavy atom. The molecule has 118 valence electrons. The van der Waals surface area contributed by atoms with Crippen molar-refractivity contribution < 1.29 is 9.90 Å². The number of pyridine rings is 1. The van der Waals surface area contributed by atoms with Crippen LogP contribution in [0.15, 0.2) is 18.3 Å². The minimum Gasteiger partial charge on any atom is -0.396 e. The maximum Gasteiger partial charge on any atom is 0.315 e. The fourth-order valence-electron chi connectivity index (χ4n) is 2.06. The standard InChI is InChI=1S/C16H27N3O2/c1-10(2)14(15-11(3)7-6-8-17-15)19-16(21)18-13(5)12(4)9-20/h6-8,10,12-14,20H,9H2,1-5H3,(H2,18,19,21). The largest absolute Gasteiger partial charge is 0.396 e. The first-order chi connectivity index (χ1) is 9.86. The Kier molecular flexibility index (Phi) is 6.62. The Morgan fingerprint density at radius 1 is 1.29 bits per heavy atom. The molecule has 0 saturated carbocycles. The van der Waals surface area contributed by atoms with Crippen LogP contribution >= 0.6 is 0 Å². The van der Waals surface area contributed by atoms with E-state index >= 15 is 0 Å². The van der Waals surface area contributed by atoms with E-state index in [1.807, 2.05) is 32.9 Å². The van der Waals surface area contributed by atoms with Gasteiger partial charge in [0.05, 0.1) is 11.7 Å². The van der Waals surface area contributed by atoms with Crippen molar-refractivity contribution in [1.82, 2.24) is 15.6 Å². The topological polar surface area (TPSA) is 74.2 Å². The number of rotatable bonds is 6. The van der Waals surface area contributed by atoms with Crippen LogP contribution < -0.4 is 10.6 Å². The lowest BCUT2D eigenvalue weighted by Gasteiger charge is -2.26. The molecule has 1 rings (SSSR count). The second-order valence-electron chi connectivity index (χ2n) is 5.99. The molecule has 0 saturated heterocycles. The second kappa shape index (κ2) is 7.98. The summed E-state index contributed by atoms with van der Waals surface area (Å²) in [6, 6.07) is 3.43. The molecular weight excluding hydrogens is 266 g/mol. The van der Waals surface area contributed by atoms with Gasteiger partial charge in [-0.25, -0.2) is 4.79 Å². The predicted octanol–water partition coefficient (Wildman–Crippen LogP) is 2.40. The second-order valence-corrected chi connectivity index (χ2v) is 5.99. The maximum absolute atomic E-state index is 12.1. The molecule has 0 fully saturated rings. The van der Waals surface area contributed by atoms with E-state index in [1.165, 1.54) is 0 Å². The summed E-state index contributed by atoms with van der Waals surface area (Å²) >= 11 is 0. The first kappa shape index (κ1) is 17.4. The van der Waals surface area contributed by atoms with E-state index in [-0.39, 0.29) is 36.6 Å². The van der Waals surface area contributed by atoms with Crippen molar-refractivity contribution in [3.63, 3.8) is 0 Å². The van der Waals surface area contributed by atoms with Gasteiger partial charge < -0.3 is 15.7 Å². The minimum atomic E-state index is -0.230. The number of urea groups is 1. The Balaban J connectivity index is 2.76. The van der Waals surface area contributed by atoms with E-state index < -0.39 is 0 Å². The molecule has 0 aliphatic heterocycles. The molecule has 1 aromatic rings. The van der Waals surface area contributed by atoms with Gasteiger partial charge in [-0.3, -0.25) is 4.98 Å². The number of aryl methyl sites for hydroxylation is 1. The number of carbonyl (C=O) groups is 1. The molecule has 21 heavy (non-hydrogen) atoms. The van der Waals surface area contributed by atoms with Crippen molar-refractivity contribution in [3.8, 4) is 0 Å². The van der Waals surface area contributed by atoms with E-state index in [9.17, 15) is 4.79 Å². The lowest BCUT2D eigenvalue weighted by molar-refractivity contribution is 0.197. The van der Waals surface area contributed by atoms with Gasteiger partial charge in [-0.1, -0.05) is 26.8 Å². The van der Waals surface area contributed by atoms with Gasteiger partial charge in [0.25, 0.3) is 0 Å². The number of aliphatic hydroxyl groups excluding tert-OH is 1. The van der Waals surface area contributed by atoms with Crippen molar-refractivity contribution in [1.29, 1.82) is 0 Å². The van der Waals surface area contributed by atoms with Gasteiger partial charge >= 0.3 is 6.03 Å². The zero-order valence-corrected chi connectivity index (χ0v) is 13.6. The molecule has 0 radical (unpaired) electrons. The number of aromatic nitrogens is 1. The summed E-state index contributed by atoms with van der Waals surface area (Å²) in [5.74, 6) is 0.250. The van der Waals surface area contributed by atoms with Crippen LogP contribution in [0, 0.1) is 18.8 Å². The van der Waals surface area contributed by atoms with Crippen LogP contribution in [0.1, 0.15) is 45.0 Å². The van der Waals surface area contributed by atoms with E-state index in [2.05, 4.69) is 29.5 Å². The van der Waals surface area contributed by atoms with E-state index in [1.54, 1.807) is 6.20 Å². The van der Waals surface area contributed by atoms with Crippen LogP contribution in [-0.4, -0.2) is 28.8 Å². The zero-order valence-electron chi connectivity index (χ0n) is 13.6. The minimum absolute atomic E-state index is 0.0184. The van der Waals surface area contributed by atoms with Gasteiger partial charge in [-0.15, -0.1) is 0 Å². The molecule has 2 amide bonds. The molecule has 0 aliphatic carbocycles. The molecule has 0 bridgehead atoms. The van der Waals surface area contributed by atoms with Crippen molar-refractivity contribution in [2.75, 3.05) is 6.61 Å². The first-order valence-electron chi connectivity index (χ1n) is 7.46. The highest BCUT2D eigenvalue weighted by Crippen LogP contribution is 2.22. The van der Waals surface area contributed by atoms with Crippen molar-refractivity contribution in [2.45, 2.75) is 46.7 Å². The summed E-state index contributed by atoms with van der Waals surface area (Å²) in [6.45, 7) is 9.94. The van der Waals surface area contributed by atoms with Crippen LogP contribution in [0.5, 0.6) is 0 Å². The molecule has 5 heteroatoms. The number of aliphatic hydroxyl groups is 1. The van der Waals surface area contributed by atoms with Gasteiger partial charge in [-0.2, -0.15) is 0 Å². The van der Waals surface area contributed by atoms with Gasteiger partial charge in [-0.05, 0) is 37.3 Å². The average molecular weight is 293 g/mol. The highest BCUT2D eigenvalue weighted by atomic mass is 16.3. The Labute approximate surface area is 127 Å². The van der Waals surface area contributed by atoms with Crippen molar-refractivity contribution in [3.05, 3.63) is 29.6 Å². The lowest BCUT2D eigenvalue weighted by Crippen LogP contribution is -2.46. The number of hydrogen-bond acceptors (Lipinski definition) is 3. The van der Waals surface area contributed by atoms with Crippen LogP contribution in [0.25, 0.3) is 0 Å². The summed E-state index contributed by atoms with van der Waals surface area (Å²) in [5.41, 5.74) is 1.96. The summed E-state index contributed by atoms with van der Waals surface area (Å²) in [4.78, 5) is 16.5. The third-order valence-corrected chi connectivity index (χ3v) is 3.80. The molecule has 0 spiro atoms. The number of nitrogens with one attached hydrogen (secondary N) is 2. The maximum atomic E-state index is 12.1. The molecule has 5 nitrogen and oxygen atoms in total. The summed E-state index contributed by atoms with van der Waals surface area (Å²) in [7, 11) is 0. The summed E-state index contributed by atoms with van der Waals surface area (Å²) in [5, 5.41) is 15.0. The smallest absolute Gasteiger partial charge is 0.315 e. The van der Waals surface area contributed by atoms with E-state index in [0.717, 1.165) is 11.3 Å². The monoisotopic (exact) mass is 293 g/mol. The van der Waals surface area contributed by atoms with E-state index in [4.69, 9.17) is 5.11 Å². The molecule has 0 aliphatic rings. The summed E-state index contributed by atoms with van der Waals surface area (Å²) < 4.78 is 0. The molecule has 1 heterocycles. The lowest BCUT2D eigenvalue weighted by atomic mass is 9.97. The fourth-order valence-corrected chi connectivity index (χ4v) is 2.06. The first-order valence-corrected chi connectivity index (χ1v) is 7.46. The average Bonchev–Trinajstić information content (AvgIpc) is 2.44. The third-order valence-electron chi connectivity index (χ3n) is 3.80. The Bertz CT molecular complexity index is 463. The molecule has 3 atom stereocenters. The van der Waals surface area contributed by atoms with Gasteiger partial charge in [0.1, 0.15) is 0 Å². The van der Waals surface area contributed by atoms with Crippen molar-refractivity contribution >= 4 is 6.03 Å². The van der Waals surface area contributed by atoms with Crippen LogP contribution in [-0.2, 0) is 0 Å². The van der Waals surface area contributed by atoms with Crippen LogP contribution in [0.2, 0.25) is 0 Å². The molecule has 3 unspecified atom stereocenters. The molecule has 1 aromatic heterocycles. The van der Waals surface area contributed by atoms with Crippen LogP contribution in [0.3, 0.4) is 0 Å². The van der Waals surface area contributed by atoms with Gasteiger partial charge in [0, 0.05) is 18.8 Å². The normalized spacial score (nSPS) is 15.4. The highest BCUT2D eigenvalue weighted by molar-refractivity contribution is 5.74. The zero-order chi connectivity index (χ0) is 16.0. The number of amides is 2. The number of hydrogen-bond donors (Lipinski definition) is 3. The van der Waals surface area contributed by atoms with Crippen molar-refractivity contribution in [2.24, 2.45) is 11.8 Å². The van der Waals surface area contributed by atoms with E-state index in [0.29, 0.717) is 0 Å². The molecule has 3 N–H and O–H groups in total. The Hall–Kier alpha value is -1.62. The predicted molar refractivity (Wildman–Crippen MR) is 83.9 cm³/mol. The molecular formula is C16H27N3O2. The van der Waals surface area contributed by atoms with Gasteiger partial charge in [0.2, 0.25) is 0 Å². The fraction of sp³-hybridized carbons (Fsp3) is 0.625. The number of nitrogens with zero attached hydrogens (tertiary/aromatic N) is 1. The third kappa shape index (κ3) is 5.01. The SMILES string of the molecule is Cc1cccnc1C(NC(=O)NC(C)C(C)CO)C(C)C.